The average molecular weight is 251 g/mol. The molecule has 0 fully saturated rings. The molecular formula is C8H8F3N3OS. The second-order valence-corrected chi connectivity index (χ2v) is 3.54. The lowest BCUT2D eigenvalue weighted by atomic mass is 10.1. The van der Waals surface area contributed by atoms with Crippen molar-refractivity contribution in [3.05, 3.63) is 28.9 Å². The zero-order valence-corrected chi connectivity index (χ0v) is 8.76. The highest BCUT2D eigenvalue weighted by atomic mass is 32.1. The number of thiocarbonyl (C=S) groups is 1. The Kier molecular flexibility index (Phi) is 3.63. The summed E-state index contributed by atoms with van der Waals surface area (Å²) in [6.45, 7) is -0.647. The van der Waals surface area contributed by atoms with Crippen molar-refractivity contribution in [2.45, 2.75) is 12.7 Å². The van der Waals surface area contributed by atoms with Crippen LogP contribution in [-0.2, 0) is 6.54 Å². The molecule has 1 atom stereocenters. The van der Waals surface area contributed by atoms with Gasteiger partial charge in [0.05, 0.1) is 11.3 Å². The van der Waals surface area contributed by atoms with Crippen molar-refractivity contribution < 1.29 is 13.2 Å². The first-order valence-corrected chi connectivity index (χ1v) is 4.59. The zero-order valence-electron chi connectivity index (χ0n) is 7.94. The molecule has 0 aliphatic rings. The molecule has 88 valence electrons. The van der Waals surface area contributed by atoms with Crippen molar-refractivity contribution >= 4 is 17.2 Å². The standard InChI is InChI=1S/C8H8F3N3OS/c9-8(10,11)5(7(12)16)3-14-4-13-2-1-6(14)15/h1-2,4-5H,3H2,(H2,12,16). The largest absolute Gasteiger partial charge is 0.399 e. The normalized spacial score (nSPS) is 13.4. The van der Waals surface area contributed by atoms with Gasteiger partial charge in [-0.1, -0.05) is 12.2 Å². The van der Waals surface area contributed by atoms with E-state index in [1.165, 1.54) is 6.20 Å². The fraction of sp³-hybridized carbons (Fsp3) is 0.375. The Morgan fingerprint density at radius 1 is 1.62 bits per heavy atom. The summed E-state index contributed by atoms with van der Waals surface area (Å²) in [5.41, 5.74) is 4.41. The van der Waals surface area contributed by atoms with Crippen molar-refractivity contribution in [2.75, 3.05) is 0 Å². The van der Waals surface area contributed by atoms with Crippen molar-refractivity contribution in [1.29, 1.82) is 0 Å². The maximum absolute atomic E-state index is 12.5. The summed E-state index contributed by atoms with van der Waals surface area (Å²) in [6.07, 6.45) is -2.36. The van der Waals surface area contributed by atoms with E-state index < -0.39 is 29.2 Å². The molecule has 0 bridgehead atoms. The third-order valence-corrected chi connectivity index (χ3v) is 2.19. The Labute approximate surface area is 93.9 Å². The van der Waals surface area contributed by atoms with E-state index in [4.69, 9.17) is 5.73 Å². The van der Waals surface area contributed by atoms with E-state index in [-0.39, 0.29) is 0 Å². The maximum atomic E-state index is 12.5. The van der Waals surface area contributed by atoms with Crippen LogP contribution < -0.4 is 11.3 Å². The lowest BCUT2D eigenvalue weighted by Crippen LogP contribution is -2.39. The van der Waals surface area contributed by atoms with Crippen molar-refractivity contribution in [1.82, 2.24) is 9.55 Å². The van der Waals surface area contributed by atoms with Gasteiger partial charge in [0.25, 0.3) is 5.56 Å². The number of aromatic nitrogens is 2. The van der Waals surface area contributed by atoms with Crippen LogP contribution in [0.15, 0.2) is 23.4 Å². The molecule has 0 saturated carbocycles. The summed E-state index contributed by atoms with van der Waals surface area (Å²) in [5, 5.41) is 0. The van der Waals surface area contributed by atoms with Crippen molar-refractivity contribution in [2.24, 2.45) is 11.7 Å². The molecule has 0 spiro atoms. The Morgan fingerprint density at radius 3 is 2.69 bits per heavy atom. The number of hydrogen-bond acceptors (Lipinski definition) is 3. The molecule has 16 heavy (non-hydrogen) atoms. The van der Waals surface area contributed by atoms with Crippen molar-refractivity contribution in [3.8, 4) is 0 Å². The summed E-state index contributed by atoms with van der Waals surface area (Å²) in [6, 6.07) is 1.06. The topological polar surface area (TPSA) is 60.9 Å². The van der Waals surface area contributed by atoms with Gasteiger partial charge >= 0.3 is 6.18 Å². The van der Waals surface area contributed by atoms with E-state index >= 15 is 0 Å². The van der Waals surface area contributed by atoms with Gasteiger partial charge in [-0.2, -0.15) is 13.2 Å². The van der Waals surface area contributed by atoms with Gasteiger partial charge < -0.3 is 5.73 Å². The molecule has 0 aliphatic carbocycles. The van der Waals surface area contributed by atoms with Gasteiger partial charge in [-0.25, -0.2) is 4.98 Å². The van der Waals surface area contributed by atoms with Gasteiger partial charge in [-0.15, -0.1) is 0 Å². The van der Waals surface area contributed by atoms with Crippen LogP contribution in [0, 0.1) is 5.92 Å². The maximum Gasteiger partial charge on any atom is 0.399 e. The molecular weight excluding hydrogens is 243 g/mol. The number of nitrogens with zero attached hydrogens (tertiary/aromatic N) is 2. The lowest BCUT2D eigenvalue weighted by Gasteiger charge is -2.19. The first kappa shape index (κ1) is 12.6. The summed E-state index contributed by atoms with van der Waals surface area (Å²) in [5.74, 6) is -2.02. The summed E-state index contributed by atoms with van der Waals surface area (Å²) in [7, 11) is 0. The van der Waals surface area contributed by atoms with Gasteiger partial charge in [-0.3, -0.25) is 9.36 Å². The number of alkyl halides is 3. The third kappa shape index (κ3) is 3.02. The predicted octanol–water partition coefficient (Wildman–Crippen LogP) is 0.708. The fourth-order valence-corrected chi connectivity index (χ4v) is 1.28. The van der Waals surface area contributed by atoms with Gasteiger partial charge in [0.1, 0.15) is 5.92 Å². The number of halogens is 3. The fourth-order valence-electron chi connectivity index (χ4n) is 1.07. The zero-order chi connectivity index (χ0) is 12.3. The molecule has 1 aromatic rings. The molecule has 0 aromatic carbocycles. The highest BCUT2D eigenvalue weighted by molar-refractivity contribution is 7.80. The summed E-state index contributed by atoms with van der Waals surface area (Å²) in [4.78, 5) is 14.0. The van der Waals surface area contributed by atoms with Crippen LogP contribution in [0.4, 0.5) is 13.2 Å². The van der Waals surface area contributed by atoms with E-state index in [9.17, 15) is 18.0 Å². The Morgan fingerprint density at radius 2 is 2.25 bits per heavy atom. The second kappa shape index (κ2) is 4.60. The molecule has 1 aromatic heterocycles. The van der Waals surface area contributed by atoms with Crippen LogP contribution >= 0.6 is 12.2 Å². The monoisotopic (exact) mass is 251 g/mol. The number of nitrogens with two attached hydrogens (primary N) is 1. The summed E-state index contributed by atoms with van der Waals surface area (Å²) >= 11 is 4.33. The van der Waals surface area contributed by atoms with E-state index in [1.54, 1.807) is 0 Å². The molecule has 0 radical (unpaired) electrons. The first-order valence-electron chi connectivity index (χ1n) is 4.19. The van der Waals surface area contributed by atoms with Gasteiger partial charge in [-0.05, 0) is 0 Å². The molecule has 2 N–H and O–H groups in total. The van der Waals surface area contributed by atoms with Crippen LogP contribution in [0.2, 0.25) is 0 Å². The van der Waals surface area contributed by atoms with E-state index in [2.05, 4.69) is 17.2 Å². The van der Waals surface area contributed by atoms with Gasteiger partial charge in [0.2, 0.25) is 0 Å². The average Bonchev–Trinajstić information content (AvgIpc) is 2.14. The van der Waals surface area contributed by atoms with Crippen LogP contribution in [-0.4, -0.2) is 20.7 Å². The van der Waals surface area contributed by atoms with E-state index in [1.807, 2.05) is 0 Å². The molecule has 1 unspecified atom stereocenters. The number of hydrogen-bond donors (Lipinski definition) is 1. The van der Waals surface area contributed by atoms with Crippen LogP contribution in [0.1, 0.15) is 0 Å². The number of rotatable bonds is 3. The van der Waals surface area contributed by atoms with Crippen molar-refractivity contribution in [3.63, 3.8) is 0 Å². The molecule has 0 amide bonds. The van der Waals surface area contributed by atoms with E-state index in [0.29, 0.717) is 0 Å². The Balaban J connectivity index is 2.98. The van der Waals surface area contributed by atoms with Gasteiger partial charge in [0.15, 0.2) is 0 Å². The minimum absolute atomic E-state index is 0.583. The van der Waals surface area contributed by atoms with Crippen LogP contribution in [0.25, 0.3) is 0 Å². The minimum atomic E-state index is -4.57. The SMILES string of the molecule is NC(=S)C(Cn1cnccc1=O)C(F)(F)F. The Bertz CT molecular complexity index is 443. The molecule has 1 rings (SSSR count). The lowest BCUT2D eigenvalue weighted by molar-refractivity contribution is -0.158. The Hall–Kier alpha value is -1.44. The third-order valence-electron chi connectivity index (χ3n) is 1.91. The summed E-state index contributed by atoms with van der Waals surface area (Å²) < 4.78 is 38.3. The predicted molar refractivity (Wildman–Crippen MR) is 54.8 cm³/mol. The highest BCUT2D eigenvalue weighted by Crippen LogP contribution is 2.27. The molecule has 0 aliphatic heterocycles. The van der Waals surface area contributed by atoms with Crippen LogP contribution in [0.5, 0.6) is 0 Å². The molecule has 8 heteroatoms. The highest BCUT2D eigenvalue weighted by Gasteiger charge is 2.41. The van der Waals surface area contributed by atoms with E-state index in [0.717, 1.165) is 17.0 Å². The second-order valence-electron chi connectivity index (χ2n) is 3.07. The smallest absolute Gasteiger partial charge is 0.393 e. The van der Waals surface area contributed by atoms with Gasteiger partial charge in [0, 0.05) is 18.8 Å². The van der Waals surface area contributed by atoms with Crippen LogP contribution in [0.3, 0.4) is 0 Å². The molecule has 1 heterocycles. The molecule has 4 nitrogen and oxygen atoms in total. The quantitative estimate of drug-likeness (QED) is 0.804. The first-order chi connectivity index (χ1) is 7.32. The minimum Gasteiger partial charge on any atom is -0.393 e. The molecule has 0 saturated heterocycles.